The van der Waals surface area contributed by atoms with Gasteiger partial charge in [0.15, 0.2) is 0 Å². The molecule has 17 heavy (non-hydrogen) atoms. The maximum absolute atomic E-state index is 8.74. The van der Waals surface area contributed by atoms with Gasteiger partial charge in [-0.3, -0.25) is 9.11 Å². The van der Waals surface area contributed by atoms with Crippen molar-refractivity contribution in [1.82, 2.24) is 0 Å². The topological polar surface area (TPSA) is 113 Å². The molecule has 0 radical (unpaired) electrons. The van der Waals surface area contributed by atoms with E-state index in [2.05, 4.69) is 5.32 Å². The van der Waals surface area contributed by atoms with E-state index in [-0.39, 0.29) is 120 Å². The molecule has 0 aliphatic heterocycles. The van der Waals surface area contributed by atoms with E-state index < -0.39 is 10.4 Å². The molecule has 0 saturated carbocycles. The minimum atomic E-state index is -4.67. The number of nitrogen functional groups attached to an aromatic ring is 1. The summed E-state index contributed by atoms with van der Waals surface area (Å²) in [5, 5.41) is 3.00. The Morgan fingerprint density at radius 1 is 1.12 bits per heavy atom. The first-order valence-electron chi connectivity index (χ1n) is 3.56. The Balaban J connectivity index is -0.0000000948. The summed E-state index contributed by atoms with van der Waals surface area (Å²) in [7, 11) is -2.79. The van der Waals surface area contributed by atoms with Gasteiger partial charge in [0.05, 0.1) is 0 Å². The van der Waals surface area contributed by atoms with E-state index in [9.17, 15) is 0 Å². The normalized spacial score (nSPS) is 8.18. The van der Waals surface area contributed by atoms with E-state index >= 15 is 0 Å². The number of anilines is 2. The SMILES string of the molecule is Br.CNc1ccc(N)cc1.O=S(=O)(O)O.[KH].[KH]. The molecule has 0 spiro atoms. The molecule has 0 bridgehead atoms. The first kappa shape index (κ1) is 27.7. The third-order valence-electron chi connectivity index (χ3n) is 1.20. The van der Waals surface area contributed by atoms with E-state index in [1.54, 1.807) is 0 Å². The monoisotopic (exact) mass is 380 g/mol. The molecule has 10 heteroatoms. The van der Waals surface area contributed by atoms with Gasteiger partial charge in [0.1, 0.15) is 0 Å². The molecule has 1 rings (SSSR count). The Kier molecular flexibility index (Phi) is 24.2. The summed E-state index contributed by atoms with van der Waals surface area (Å²) in [6, 6.07) is 7.61. The van der Waals surface area contributed by atoms with Crippen molar-refractivity contribution in [1.29, 1.82) is 0 Å². The molecule has 6 nitrogen and oxygen atoms in total. The Hall–Kier alpha value is 2.44. The third kappa shape index (κ3) is 23.9. The predicted molar refractivity (Wildman–Crippen MR) is 79.2 cm³/mol. The van der Waals surface area contributed by atoms with Crippen molar-refractivity contribution in [3.8, 4) is 0 Å². The molecule has 92 valence electrons. The fraction of sp³-hybridized carbons (Fsp3) is 0.143. The standard InChI is InChI=1S/C7H10N2.BrH.2K.H2O4S.2H/c1-9-7-4-2-6(8)3-5-7;;;;1-5(2,3)4;;/h2-5,9H,8H2,1H3;1H;;;(H2,1,2,3,4);;. The Bertz CT molecular complexity index is 366. The second-order valence-electron chi connectivity index (χ2n) is 2.32. The summed E-state index contributed by atoms with van der Waals surface area (Å²) < 4.78 is 31.6. The van der Waals surface area contributed by atoms with Gasteiger partial charge in [-0.15, -0.1) is 17.0 Å². The average molecular weight is 381 g/mol. The van der Waals surface area contributed by atoms with Gasteiger partial charge in [-0.1, -0.05) is 0 Å². The van der Waals surface area contributed by atoms with Crippen molar-refractivity contribution < 1.29 is 17.5 Å². The summed E-state index contributed by atoms with van der Waals surface area (Å²) in [4.78, 5) is 0. The molecule has 0 unspecified atom stereocenters. The van der Waals surface area contributed by atoms with Crippen LogP contribution in [0.3, 0.4) is 0 Å². The molecule has 0 atom stereocenters. The van der Waals surface area contributed by atoms with Crippen LogP contribution in [0.2, 0.25) is 0 Å². The van der Waals surface area contributed by atoms with Gasteiger partial charge < -0.3 is 11.1 Å². The van der Waals surface area contributed by atoms with Crippen molar-refractivity contribution in [2.75, 3.05) is 18.1 Å². The molecule has 5 N–H and O–H groups in total. The zero-order valence-corrected chi connectivity index (χ0v) is 10.4. The number of hydrogen-bond acceptors (Lipinski definition) is 4. The molecule has 1 aromatic rings. The fourth-order valence-electron chi connectivity index (χ4n) is 0.650. The van der Waals surface area contributed by atoms with E-state index in [1.165, 1.54) is 0 Å². The number of hydrogen-bond donors (Lipinski definition) is 4. The predicted octanol–water partition coefficient (Wildman–Crippen LogP) is -0.0614. The summed E-state index contributed by atoms with van der Waals surface area (Å²) in [6.45, 7) is 0. The molecule has 0 aliphatic rings. The number of benzene rings is 1. The third-order valence-corrected chi connectivity index (χ3v) is 1.20. The van der Waals surface area contributed by atoms with Gasteiger partial charge in [-0.25, -0.2) is 0 Å². The van der Waals surface area contributed by atoms with Crippen molar-refractivity contribution >= 4 is 142 Å². The molecule has 0 amide bonds. The molecule has 0 fully saturated rings. The first-order valence-corrected chi connectivity index (χ1v) is 4.96. The van der Waals surface area contributed by atoms with Crippen molar-refractivity contribution in [2.45, 2.75) is 0 Å². The van der Waals surface area contributed by atoms with Crippen LogP contribution in [0.1, 0.15) is 0 Å². The Morgan fingerprint density at radius 2 is 1.41 bits per heavy atom. The molecule has 0 aromatic heterocycles. The van der Waals surface area contributed by atoms with E-state index in [0.29, 0.717) is 0 Å². The minimum absolute atomic E-state index is 0. The van der Waals surface area contributed by atoms with E-state index in [0.717, 1.165) is 11.4 Å². The van der Waals surface area contributed by atoms with E-state index in [4.69, 9.17) is 23.3 Å². The van der Waals surface area contributed by atoms with Gasteiger partial charge in [0.25, 0.3) is 0 Å². The molecule has 0 saturated heterocycles. The van der Waals surface area contributed by atoms with Crippen LogP contribution in [0.15, 0.2) is 24.3 Å². The van der Waals surface area contributed by atoms with Gasteiger partial charge in [0, 0.05) is 18.4 Å². The number of halogens is 1. The maximum atomic E-state index is 8.74. The van der Waals surface area contributed by atoms with Crippen LogP contribution in [0.25, 0.3) is 0 Å². The molecule has 0 aliphatic carbocycles. The molecule has 1 aromatic carbocycles. The zero-order chi connectivity index (χ0) is 11.2. The summed E-state index contributed by atoms with van der Waals surface area (Å²) in [5.74, 6) is 0. The van der Waals surface area contributed by atoms with E-state index in [1.807, 2.05) is 31.3 Å². The molecular formula is C7H15BrK2N2O4S. The second-order valence-corrected chi connectivity index (χ2v) is 3.22. The van der Waals surface area contributed by atoms with Crippen LogP contribution in [-0.2, 0) is 10.4 Å². The fourth-order valence-corrected chi connectivity index (χ4v) is 0.650. The van der Waals surface area contributed by atoms with Gasteiger partial charge in [0.2, 0.25) is 0 Å². The molecule has 0 heterocycles. The van der Waals surface area contributed by atoms with Crippen molar-refractivity contribution in [3.05, 3.63) is 24.3 Å². The number of nitrogens with two attached hydrogens (primary N) is 1. The van der Waals surface area contributed by atoms with Crippen LogP contribution in [0, 0.1) is 0 Å². The average Bonchev–Trinajstić information content (AvgIpc) is 2.03. The van der Waals surface area contributed by atoms with Crippen LogP contribution in [0.5, 0.6) is 0 Å². The Morgan fingerprint density at radius 3 is 1.65 bits per heavy atom. The van der Waals surface area contributed by atoms with Crippen LogP contribution >= 0.6 is 17.0 Å². The zero-order valence-electron chi connectivity index (χ0n) is 7.91. The van der Waals surface area contributed by atoms with Gasteiger partial charge >= 0.3 is 113 Å². The summed E-state index contributed by atoms with van der Waals surface area (Å²) >= 11 is 0. The summed E-state index contributed by atoms with van der Waals surface area (Å²) in [5.41, 5.74) is 7.34. The first-order chi connectivity index (χ1) is 6.33. The van der Waals surface area contributed by atoms with Crippen molar-refractivity contribution in [3.63, 3.8) is 0 Å². The van der Waals surface area contributed by atoms with Crippen molar-refractivity contribution in [2.24, 2.45) is 0 Å². The van der Waals surface area contributed by atoms with Crippen LogP contribution < -0.4 is 11.1 Å². The number of rotatable bonds is 1. The van der Waals surface area contributed by atoms with Gasteiger partial charge in [-0.2, -0.15) is 8.42 Å². The van der Waals surface area contributed by atoms with Crippen LogP contribution in [0.4, 0.5) is 11.4 Å². The number of nitrogens with one attached hydrogen (secondary N) is 1. The Labute approximate surface area is 197 Å². The summed E-state index contributed by atoms with van der Waals surface area (Å²) in [6.07, 6.45) is 0. The van der Waals surface area contributed by atoms with Crippen LogP contribution in [-0.4, -0.2) is 127 Å². The molecular weight excluding hydrogens is 366 g/mol. The second kappa shape index (κ2) is 14.8. The van der Waals surface area contributed by atoms with Gasteiger partial charge in [-0.05, 0) is 24.3 Å². The quantitative estimate of drug-likeness (QED) is 0.308.